The van der Waals surface area contributed by atoms with Gasteiger partial charge >= 0.3 is 0 Å². The van der Waals surface area contributed by atoms with Crippen LogP contribution >= 0.6 is 31.9 Å². The highest BCUT2D eigenvalue weighted by molar-refractivity contribution is 9.11. The van der Waals surface area contributed by atoms with Gasteiger partial charge in [0.2, 0.25) is 0 Å². The van der Waals surface area contributed by atoms with Crippen molar-refractivity contribution in [1.29, 1.82) is 0 Å². The van der Waals surface area contributed by atoms with Crippen LogP contribution in [-0.4, -0.2) is 11.2 Å². The molecule has 0 amide bonds. The molecular formula is C15H16Br2N2O. The Morgan fingerprint density at radius 1 is 1.10 bits per heavy atom. The molecule has 0 aliphatic rings. The Labute approximate surface area is 135 Å². The Bertz CT molecular complexity index is 590. The third kappa shape index (κ3) is 3.61. The van der Waals surface area contributed by atoms with Crippen molar-refractivity contribution in [3.8, 4) is 0 Å². The molecule has 0 saturated heterocycles. The molecule has 0 aliphatic carbocycles. The number of hydrogen-bond donors (Lipinski definition) is 3. The van der Waals surface area contributed by atoms with Crippen molar-refractivity contribution in [1.82, 2.24) is 0 Å². The van der Waals surface area contributed by atoms with E-state index in [0.717, 1.165) is 20.1 Å². The maximum absolute atomic E-state index is 10.3. The van der Waals surface area contributed by atoms with E-state index in [0.29, 0.717) is 12.1 Å². The second-order valence-electron chi connectivity index (χ2n) is 4.67. The van der Waals surface area contributed by atoms with Crippen molar-refractivity contribution in [3.63, 3.8) is 0 Å². The molecule has 2 aromatic carbocycles. The molecule has 106 valence electrons. The van der Waals surface area contributed by atoms with Gasteiger partial charge in [-0.2, -0.15) is 0 Å². The van der Waals surface area contributed by atoms with Crippen molar-refractivity contribution in [2.24, 2.45) is 5.73 Å². The van der Waals surface area contributed by atoms with Crippen LogP contribution in [0.3, 0.4) is 0 Å². The van der Waals surface area contributed by atoms with Gasteiger partial charge in [-0.1, -0.05) is 46.3 Å². The summed E-state index contributed by atoms with van der Waals surface area (Å²) in [5.74, 6) is 0. The lowest BCUT2D eigenvalue weighted by Gasteiger charge is -2.21. The summed E-state index contributed by atoms with van der Waals surface area (Å²) in [4.78, 5) is 0. The second-order valence-corrected chi connectivity index (χ2v) is 6.44. The lowest BCUT2D eigenvalue weighted by molar-refractivity contribution is 0.145. The number of benzene rings is 2. The molecule has 0 unspecified atom stereocenters. The molecule has 3 nitrogen and oxygen atoms in total. The van der Waals surface area contributed by atoms with Crippen molar-refractivity contribution in [2.45, 2.75) is 18.6 Å². The van der Waals surface area contributed by atoms with Crippen molar-refractivity contribution < 1.29 is 5.11 Å². The third-order valence-corrected chi connectivity index (χ3v) is 4.30. The monoisotopic (exact) mass is 398 g/mol. The van der Waals surface area contributed by atoms with Gasteiger partial charge in [-0.3, -0.25) is 0 Å². The van der Waals surface area contributed by atoms with Crippen LogP contribution < -0.4 is 11.5 Å². The molecule has 0 saturated carbocycles. The van der Waals surface area contributed by atoms with E-state index in [1.54, 1.807) is 0 Å². The molecule has 2 rings (SSSR count). The molecule has 5 N–H and O–H groups in total. The van der Waals surface area contributed by atoms with Crippen LogP contribution in [0.15, 0.2) is 51.4 Å². The van der Waals surface area contributed by atoms with Crippen LogP contribution in [0.1, 0.15) is 17.2 Å². The SMILES string of the molecule is Nc1c(Br)cc(Br)cc1[C@H](N)[C@H](O)Cc1ccccc1. The van der Waals surface area contributed by atoms with Gasteiger partial charge in [-0.25, -0.2) is 0 Å². The van der Waals surface area contributed by atoms with Crippen molar-refractivity contribution >= 4 is 37.5 Å². The zero-order chi connectivity index (χ0) is 14.7. The molecule has 0 spiro atoms. The second kappa shape index (κ2) is 6.72. The molecular weight excluding hydrogens is 384 g/mol. The summed E-state index contributed by atoms with van der Waals surface area (Å²) in [7, 11) is 0. The largest absolute Gasteiger partial charge is 0.398 e. The third-order valence-electron chi connectivity index (χ3n) is 3.19. The maximum Gasteiger partial charge on any atom is 0.0773 e. The Kier molecular flexibility index (Phi) is 5.21. The van der Waals surface area contributed by atoms with Crippen LogP contribution in [0.2, 0.25) is 0 Å². The summed E-state index contributed by atoms with van der Waals surface area (Å²) in [6.45, 7) is 0. The molecule has 0 bridgehead atoms. The lowest BCUT2D eigenvalue weighted by Crippen LogP contribution is -2.29. The van der Waals surface area contributed by atoms with Crippen LogP contribution in [-0.2, 0) is 6.42 Å². The summed E-state index contributed by atoms with van der Waals surface area (Å²) in [6, 6.07) is 12.9. The minimum atomic E-state index is -0.694. The van der Waals surface area contributed by atoms with E-state index < -0.39 is 12.1 Å². The van der Waals surface area contributed by atoms with Crippen LogP contribution in [0.5, 0.6) is 0 Å². The molecule has 0 aromatic heterocycles. The minimum Gasteiger partial charge on any atom is -0.398 e. The van der Waals surface area contributed by atoms with Crippen molar-refractivity contribution in [2.75, 3.05) is 5.73 Å². The highest BCUT2D eigenvalue weighted by atomic mass is 79.9. The number of aliphatic hydroxyl groups is 1. The van der Waals surface area contributed by atoms with Crippen LogP contribution in [0.4, 0.5) is 5.69 Å². The Morgan fingerprint density at radius 3 is 2.40 bits per heavy atom. The average Bonchev–Trinajstić information content (AvgIpc) is 2.43. The predicted octanol–water partition coefficient (Wildman–Crippen LogP) is 3.40. The van der Waals surface area contributed by atoms with Crippen LogP contribution in [0.25, 0.3) is 0 Å². The standard InChI is InChI=1S/C15H16Br2N2O/c16-10-7-11(14(18)12(17)8-10)15(19)13(20)6-9-4-2-1-3-5-9/h1-5,7-8,13,15,20H,6,18-19H2/t13-,15+/m1/s1. The van der Waals surface area contributed by atoms with Gasteiger partial charge in [-0.05, 0) is 39.2 Å². The first kappa shape index (κ1) is 15.5. The van der Waals surface area contributed by atoms with Gasteiger partial charge in [-0.15, -0.1) is 0 Å². The van der Waals surface area contributed by atoms with E-state index in [9.17, 15) is 5.11 Å². The van der Waals surface area contributed by atoms with Gasteiger partial charge in [0, 0.05) is 15.4 Å². The lowest BCUT2D eigenvalue weighted by atomic mass is 9.96. The maximum atomic E-state index is 10.3. The summed E-state index contributed by atoms with van der Waals surface area (Å²) in [6.07, 6.45) is -0.202. The smallest absolute Gasteiger partial charge is 0.0773 e. The fraction of sp³-hybridized carbons (Fsp3) is 0.200. The summed E-state index contributed by atoms with van der Waals surface area (Å²) in [5, 5.41) is 10.3. The number of rotatable bonds is 4. The Hall–Kier alpha value is -0.880. The first-order chi connectivity index (χ1) is 9.49. The summed E-state index contributed by atoms with van der Waals surface area (Å²) >= 11 is 6.80. The molecule has 0 radical (unpaired) electrons. The highest BCUT2D eigenvalue weighted by Crippen LogP contribution is 2.32. The van der Waals surface area contributed by atoms with Gasteiger partial charge in [0.15, 0.2) is 0 Å². The fourth-order valence-electron chi connectivity index (χ4n) is 2.07. The Morgan fingerprint density at radius 2 is 1.75 bits per heavy atom. The van der Waals surface area contributed by atoms with Gasteiger partial charge < -0.3 is 16.6 Å². The first-order valence-corrected chi connectivity index (χ1v) is 7.79. The summed E-state index contributed by atoms with van der Waals surface area (Å²) in [5.41, 5.74) is 14.5. The van der Waals surface area contributed by atoms with E-state index >= 15 is 0 Å². The van der Waals surface area contributed by atoms with E-state index in [1.807, 2.05) is 42.5 Å². The molecule has 20 heavy (non-hydrogen) atoms. The van der Waals surface area contributed by atoms with Gasteiger partial charge in [0.05, 0.1) is 17.8 Å². The highest BCUT2D eigenvalue weighted by Gasteiger charge is 2.21. The fourth-order valence-corrected chi connectivity index (χ4v) is 3.33. The molecule has 0 fully saturated rings. The van der Waals surface area contributed by atoms with E-state index in [2.05, 4.69) is 31.9 Å². The molecule has 0 aliphatic heterocycles. The molecule has 2 aromatic rings. The molecule has 5 heteroatoms. The number of nitrogens with two attached hydrogens (primary N) is 2. The predicted molar refractivity (Wildman–Crippen MR) is 89.3 cm³/mol. The summed E-state index contributed by atoms with van der Waals surface area (Å²) < 4.78 is 1.64. The zero-order valence-corrected chi connectivity index (χ0v) is 13.9. The van der Waals surface area contributed by atoms with Gasteiger partial charge in [0.1, 0.15) is 0 Å². The minimum absolute atomic E-state index is 0.492. The average molecular weight is 400 g/mol. The normalized spacial score (nSPS) is 14.0. The number of hydrogen-bond acceptors (Lipinski definition) is 3. The van der Waals surface area contributed by atoms with Crippen LogP contribution in [0, 0.1) is 0 Å². The number of anilines is 1. The quantitative estimate of drug-likeness (QED) is 0.690. The van der Waals surface area contributed by atoms with E-state index in [4.69, 9.17) is 11.5 Å². The topological polar surface area (TPSA) is 72.3 Å². The number of nitrogen functional groups attached to an aromatic ring is 1. The first-order valence-electron chi connectivity index (χ1n) is 6.21. The van der Waals surface area contributed by atoms with Gasteiger partial charge in [0.25, 0.3) is 0 Å². The molecule has 0 heterocycles. The van der Waals surface area contributed by atoms with E-state index in [1.165, 1.54) is 0 Å². The number of halogens is 2. The number of aliphatic hydroxyl groups excluding tert-OH is 1. The van der Waals surface area contributed by atoms with Crippen molar-refractivity contribution in [3.05, 3.63) is 62.5 Å². The Balaban J connectivity index is 2.21. The zero-order valence-electron chi connectivity index (χ0n) is 10.8. The van der Waals surface area contributed by atoms with E-state index in [-0.39, 0.29) is 0 Å². The molecule has 2 atom stereocenters.